The molecular formula is C55H86N4O19. The molecule has 18 atom stereocenters. The van der Waals surface area contributed by atoms with Crippen LogP contribution in [-0.4, -0.2) is 189 Å². The van der Waals surface area contributed by atoms with Crippen LogP contribution in [-0.2, 0) is 67.2 Å². The molecule has 3 fully saturated rings. The van der Waals surface area contributed by atoms with Crippen LogP contribution in [0.2, 0.25) is 0 Å². The zero-order valence-electron chi connectivity index (χ0n) is 47.5. The largest absolute Gasteiger partial charge is 0.477 e. The highest BCUT2D eigenvalue weighted by Crippen LogP contribution is 2.42. The van der Waals surface area contributed by atoms with Crippen molar-refractivity contribution in [3.05, 3.63) is 45.2 Å². The number of amides is 1. The Morgan fingerprint density at radius 2 is 1.67 bits per heavy atom. The third kappa shape index (κ3) is 13.8. The Kier molecular flexibility index (Phi) is 21.0. The number of cyclic esters (lactones) is 1. The molecular weight excluding hydrogens is 1020 g/mol. The molecule has 0 bridgehead atoms. The lowest BCUT2D eigenvalue weighted by Crippen LogP contribution is -2.61. The Bertz CT molecular complexity index is 2490. The van der Waals surface area contributed by atoms with E-state index in [-0.39, 0.29) is 62.6 Å². The number of ether oxygens (including phenoxy) is 9. The number of aliphatic hydroxyl groups is 4. The first-order valence-corrected chi connectivity index (χ1v) is 27.2. The number of nitrogens with zero attached hydrogens (tertiary/aromatic N) is 3. The third-order valence-corrected chi connectivity index (χ3v) is 16.5. The number of benzene rings is 1. The maximum Gasteiger partial charge on any atom is 0.407 e. The molecule has 78 heavy (non-hydrogen) atoms. The molecule has 1 unspecified atom stereocenters. The number of carboxylic acid groups (broad SMARTS) is 1. The number of carbonyl (C=O) groups is 3. The molecule has 440 valence electrons. The molecule has 2 aromatic rings. The fourth-order valence-corrected chi connectivity index (χ4v) is 12.1. The Balaban J connectivity index is 1.16. The minimum Gasteiger partial charge on any atom is -0.477 e. The van der Waals surface area contributed by atoms with Crippen LogP contribution in [0.25, 0.3) is 10.9 Å². The van der Waals surface area contributed by atoms with Crippen LogP contribution in [0.15, 0.2) is 28.3 Å². The summed E-state index contributed by atoms with van der Waals surface area (Å²) in [7, 11) is 5.13. The van der Waals surface area contributed by atoms with Gasteiger partial charge in [-0.15, -0.1) is 0 Å². The van der Waals surface area contributed by atoms with E-state index in [1.165, 1.54) is 27.2 Å². The zero-order valence-corrected chi connectivity index (χ0v) is 47.5. The molecule has 0 radical (unpaired) electrons. The van der Waals surface area contributed by atoms with Crippen molar-refractivity contribution in [1.82, 2.24) is 14.8 Å². The number of hydrogen-bond acceptors (Lipinski definition) is 20. The van der Waals surface area contributed by atoms with E-state index in [4.69, 9.17) is 42.6 Å². The van der Waals surface area contributed by atoms with Crippen molar-refractivity contribution in [3.8, 4) is 0 Å². The van der Waals surface area contributed by atoms with Gasteiger partial charge < -0.3 is 88.2 Å². The van der Waals surface area contributed by atoms with Gasteiger partial charge in [0.05, 0.1) is 66.5 Å². The van der Waals surface area contributed by atoms with Gasteiger partial charge >= 0.3 is 18.0 Å². The molecule has 6 rings (SSSR count). The van der Waals surface area contributed by atoms with Crippen LogP contribution in [0.1, 0.15) is 123 Å². The van der Waals surface area contributed by atoms with Gasteiger partial charge in [-0.25, -0.2) is 9.59 Å². The number of esters is 1. The summed E-state index contributed by atoms with van der Waals surface area (Å²) in [5, 5.41) is 74.6. The van der Waals surface area contributed by atoms with Crippen molar-refractivity contribution in [1.29, 1.82) is 0 Å². The van der Waals surface area contributed by atoms with E-state index in [1.54, 1.807) is 59.1 Å². The second-order valence-electron chi connectivity index (χ2n) is 22.9. The number of carbonyl (C=O) groups excluding carboxylic acids is 2. The number of rotatable bonds is 16. The molecule has 0 aliphatic carbocycles. The number of aromatic carboxylic acids is 1. The van der Waals surface area contributed by atoms with E-state index in [2.05, 4.69) is 10.5 Å². The van der Waals surface area contributed by atoms with E-state index in [9.17, 15) is 49.9 Å². The second-order valence-corrected chi connectivity index (χ2v) is 22.9. The smallest absolute Gasteiger partial charge is 0.407 e. The highest BCUT2D eigenvalue weighted by molar-refractivity contribution is 5.94. The molecule has 1 amide bonds. The maximum absolute atomic E-state index is 14.5. The van der Waals surface area contributed by atoms with Crippen LogP contribution in [0.3, 0.4) is 0 Å². The van der Waals surface area contributed by atoms with Gasteiger partial charge in [0.2, 0.25) is 5.43 Å². The average Bonchev–Trinajstić information content (AvgIpc) is 3.38. The van der Waals surface area contributed by atoms with Gasteiger partial charge in [-0.3, -0.25) is 9.59 Å². The summed E-state index contributed by atoms with van der Waals surface area (Å²) in [6.07, 6.45) is -8.98. The van der Waals surface area contributed by atoms with Crippen molar-refractivity contribution < 1.29 is 87.8 Å². The standard InChI is InChI=1S/C55H86N4O19/c1-14-39-55(10,68)46(62)30(4)41(57-69)28(2)23-53(8,67)47(77-51-44(61)38(58(11)12)20-29(3)73-51)31(5)45(32(6)50(65)75-39)76-40-24-54(9,70-13)48(33(7)74-40)78-52(66)56-17-19-71-18-15-16-34-21-35-26-72-27-59-25-37(49(63)64)43(60)36(22-34)42(35)59/h21-22,25,28-33,38-40,44-48,51,61-62,67-69H,14-20,23-24,26-27H2,1-13H3,(H,56,66)(H,63,64)/b57-41+/t28-,29-,30+,31+,32-,33+,38+,39-,40+,44-,45+,46-,47-,48+,51?,53-,54-,55-/m1/s1. The van der Waals surface area contributed by atoms with Gasteiger partial charge in [0.15, 0.2) is 18.7 Å². The van der Waals surface area contributed by atoms with Crippen LogP contribution in [0.4, 0.5) is 4.79 Å². The monoisotopic (exact) mass is 1110 g/mol. The van der Waals surface area contributed by atoms with E-state index >= 15 is 0 Å². The van der Waals surface area contributed by atoms with E-state index in [1.807, 2.05) is 32.0 Å². The van der Waals surface area contributed by atoms with Gasteiger partial charge in [-0.2, -0.15) is 0 Å². The fraction of sp³-hybridized carbons (Fsp3) is 0.764. The molecule has 7 N–H and O–H groups in total. The van der Waals surface area contributed by atoms with Crippen LogP contribution in [0, 0.1) is 23.7 Å². The molecule has 0 saturated carbocycles. The van der Waals surface area contributed by atoms with Crippen molar-refractivity contribution in [2.75, 3.05) is 41.0 Å². The third-order valence-electron chi connectivity index (χ3n) is 16.5. The number of nitrogens with one attached hydrogen (secondary N) is 1. The quantitative estimate of drug-likeness (QED) is 0.0542. The summed E-state index contributed by atoms with van der Waals surface area (Å²) in [6.45, 7) is 17.4. The Hall–Kier alpha value is -4.37. The Labute approximate surface area is 456 Å². The molecule has 5 heterocycles. The van der Waals surface area contributed by atoms with Gasteiger partial charge in [0.1, 0.15) is 35.7 Å². The number of pyridine rings is 1. The lowest BCUT2D eigenvalue weighted by atomic mass is 9.73. The lowest BCUT2D eigenvalue weighted by molar-refractivity contribution is -0.317. The predicted octanol–water partition coefficient (Wildman–Crippen LogP) is 3.93. The number of aliphatic hydroxyl groups excluding tert-OH is 2. The summed E-state index contributed by atoms with van der Waals surface area (Å²) in [6, 6.07) is 3.28. The highest BCUT2D eigenvalue weighted by Gasteiger charge is 2.54. The number of hydrogen-bond donors (Lipinski definition) is 7. The fourth-order valence-electron chi connectivity index (χ4n) is 12.1. The number of oxime groups is 1. The first-order valence-electron chi connectivity index (χ1n) is 27.2. The Morgan fingerprint density at radius 1 is 0.962 bits per heavy atom. The normalized spacial score (nSPS) is 37.7. The summed E-state index contributed by atoms with van der Waals surface area (Å²) in [5.41, 5.74) is -3.63. The number of aromatic nitrogens is 1. The zero-order chi connectivity index (χ0) is 57.8. The summed E-state index contributed by atoms with van der Waals surface area (Å²) in [4.78, 5) is 54.6. The number of alkyl carbamates (subject to hydrolysis) is 1. The molecule has 3 saturated heterocycles. The molecule has 4 aliphatic heterocycles. The minimum atomic E-state index is -2.04. The van der Waals surface area contributed by atoms with Crippen LogP contribution < -0.4 is 10.7 Å². The number of carboxylic acids is 1. The number of aryl methyl sites for hydroxylation is 1. The molecule has 0 spiro atoms. The van der Waals surface area contributed by atoms with Gasteiger partial charge in [0.25, 0.3) is 0 Å². The molecule has 4 aliphatic rings. The van der Waals surface area contributed by atoms with Gasteiger partial charge in [-0.05, 0) is 99.4 Å². The lowest BCUT2D eigenvalue weighted by Gasteiger charge is -2.49. The van der Waals surface area contributed by atoms with Crippen LogP contribution >= 0.6 is 0 Å². The second kappa shape index (κ2) is 26.0. The molecule has 23 heteroatoms. The van der Waals surface area contributed by atoms with E-state index in [0.717, 1.165) is 11.1 Å². The molecule has 1 aromatic carbocycles. The molecule has 23 nitrogen and oxygen atoms in total. The first-order chi connectivity index (χ1) is 36.6. The van der Waals surface area contributed by atoms with Gasteiger partial charge in [-0.1, -0.05) is 38.9 Å². The number of likely N-dealkylation sites (N-methyl/N-ethyl adjacent to an activating group) is 1. The average molecular weight is 1110 g/mol. The van der Waals surface area contributed by atoms with Crippen molar-refractivity contribution in [2.24, 2.45) is 28.8 Å². The number of methoxy groups -OCH3 is 1. The topological polar surface area (TPSA) is 305 Å². The Morgan fingerprint density at radius 3 is 2.31 bits per heavy atom. The van der Waals surface area contributed by atoms with Crippen molar-refractivity contribution in [3.63, 3.8) is 0 Å². The summed E-state index contributed by atoms with van der Waals surface area (Å²) in [5.74, 6) is -5.93. The summed E-state index contributed by atoms with van der Waals surface area (Å²) < 4.78 is 57.4. The maximum atomic E-state index is 14.5. The molecule has 1 aromatic heterocycles. The SMILES string of the molecule is CC[C@H]1OC(=O)[C@H](C)[C@@H](O[C@H]2C[C@@](C)(OC)[C@@H](OC(=O)NCCOCCCc3cc4c5c(c3)c(=O)c(C(=O)O)cn5COC4)[C@H](C)O2)[C@H](C)[C@@H](OC2O[C@H](C)C[C@H](N(C)C)[C@H]2O)[C@](C)(O)C[C@@H](C)/C(=N\O)[C@H](C)[C@@H](O)[C@]1(C)O. The highest BCUT2D eigenvalue weighted by atomic mass is 16.7. The van der Waals surface area contributed by atoms with E-state index < -0.39 is 119 Å². The van der Waals surface area contributed by atoms with Gasteiger partial charge in [0, 0.05) is 67.6 Å². The van der Waals surface area contributed by atoms with Crippen LogP contribution in [0.5, 0.6) is 0 Å². The van der Waals surface area contributed by atoms with Crippen molar-refractivity contribution >= 4 is 34.6 Å². The van der Waals surface area contributed by atoms with Crippen molar-refractivity contribution in [2.45, 2.75) is 205 Å². The predicted molar refractivity (Wildman–Crippen MR) is 282 cm³/mol. The first kappa shape index (κ1) is 62.8. The van der Waals surface area contributed by atoms with E-state index in [0.29, 0.717) is 43.4 Å². The summed E-state index contributed by atoms with van der Waals surface area (Å²) >= 11 is 0. The minimum absolute atomic E-state index is 0.0272.